The van der Waals surface area contributed by atoms with E-state index in [4.69, 9.17) is 5.73 Å². The minimum absolute atomic E-state index is 0.538. The van der Waals surface area contributed by atoms with E-state index in [0.29, 0.717) is 6.54 Å². The van der Waals surface area contributed by atoms with Crippen LogP contribution in [0.15, 0.2) is 17.8 Å². The summed E-state index contributed by atoms with van der Waals surface area (Å²) in [6.07, 6.45) is 3.74. The lowest BCUT2D eigenvalue weighted by Gasteiger charge is -1.95. The van der Waals surface area contributed by atoms with Crippen LogP contribution in [0.3, 0.4) is 0 Å². The number of hydrogen-bond donors (Lipinski definition) is 1. The van der Waals surface area contributed by atoms with Crippen molar-refractivity contribution in [2.75, 3.05) is 0 Å². The van der Waals surface area contributed by atoms with Crippen molar-refractivity contribution >= 4 is 11.3 Å². The van der Waals surface area contributed by atoms with Crippen molar-refractivity contribution in [2.45, 2.75) is 20.0 Å². The summed E-state index contributed by atoms with van der Waals surface area (Å²) in [5.41, 5.74) is 7.60. The Morgan fingerprint density at radius 1 is 1.57 bits per heavy atom. The van der Waals surface area contributed by atoms with E-state index < -0.39 is 0 Å². The molecule has 0 amide bonds. The largest absolute Gasteiger partial charge is 0.326 e. The van der Waals surface area contributed by atoms with Crippen LogP contribution in [-0.2, 0) is 13.1 Å². The van der Waals surface area contributed by atoms with Gasteiger partial charge in [-0.3, -0.25) is 4.68 Å². The Labute approximate surface area is 86.4 Å². The minimum Gasteiger partial charge on any atom is -0.326 e. The Hall–Kier alpha value is -1.20. The predicted octanol–water partition coefficient (Wildman–Crippen LogP) is 1.16. The van der Waals surface area contributed by atoms with E-state index in [1.165, 1.54) is 0 Å². The second-order valence-corrected chi connectivity index (χ2v) is 4.17. The lowest BCUT2D eigenvalue weighted by atomic mass is 10.4. The molecule has 2 aromatic rings. The zero-order chi connectivity index (χ0) is 9.97. The third kappa shape index (κ3) is 2.00. The molecule has 0 saturated heterocycles. The van der Waals surface area contributed by atoms with Crippen LogP contribution < -0.4 is 5.73 Å². The second-order valence-electron chi connectivity index (χ2n) is 3.11. The molecule has 0 atom stereocenters. The van der Waals surface area contributed by atoms with E-state index in [0.717, 1.165) is 22.8 Å². The fraction of sp³-hybridized carbons (Fsp3) is 0.333. The van der Waals surface area contributed by atoms with Gasteiger partial charge in [-0.1, -0.05) is 0 Å². The van der Waals surface area contributed by atoms with E-state index in [2.05, 4.69) is 15.5 Å². The molecule has 2 heterocycles. The summed E-state index contributed by atoms with van der Waals surface area (Å²) in [6.45, 7) is 3.27. The lowest BCUT2D eigenvalue weighted by Crippen LogP contribution is -2.00. The number of rotatable bonds is 3. The molecule has 5 heteroatoms. The number of nitrogens with two attached hydrogens (primary N) is 1. The minimum atomic E-state index is 0.538. The number of nitrogens with zero attached hydrogens (tertiary/aromatic N) is 3. The lowest BCUT2D eigenvalue weighted by molar-refractivity contribution is 0.674. The summed E-state index contributed by atoms with van der Waals surface area (Å²) < 4.78 is 1.86. The Kier molecular flexibility index (Phi) is 2.60. The van der Waals surface area contributed by atoms with Crippen LogP contribution in [0, 0.1) is 6.92 Å². The Bertz CT molecular complexity index is 418. The summed E-state index contributed by atoms with van der Waals surface area (Å²) in [5, 5.41) is 7.34. The van der Waals surface area contributed by atoms with Gasteiger partial charge in [0.2, 0.25) is 0 Å². The van der Waals surface area contributed by atoms with E-state index in [9.17, 15) is 0 Å². The quantitative estimate of drug-likeness (QED) is 0.823. The van der Waals surface area contributed by atoms with Crippen molar-refractivity contribution < 1.29 is 0 Å². The van der Waals surface area contributed by atoms with Crippen LogP contribution in [-0.4, -0.2) is 14.8 Å². The van der Waals surface area contributed by atoms with Gasteiger partial charge in [0.1, 0.15) is 0 Å². The summed E-state index contributed by atoms with van der Waals surface area (Å²) >= 11 is 1.66. The van der Waals surface area contributed by atoms with Crippen LogP contribution in [0.5, 0.6) is 0 Å². The average Bonchev–Trinajstić information content (AvgIpc) is 2.76. The molecule has 74 valence electrons. The van der Waals surface area contributed by atoms with Crippen molar-refractivity contribution in [3.05, 3.63) is 34.0 Å². The van der Waals surface area contributed by atoms with Gasteiger partial charge in [-0.05, 0) is 6.92 Å². The Morgan fingerprint density at radius 3 is 3.00 bits per heavy atom. The molecular weight excluding hydrogens is 196 g/mol. The van der Waals surface area contributed by atoms with E-state index in [1.54, 1.807) is 17.5 Å². The first-order chi connectivity index (χ1) is 6.78. The predicted molar refractivity (Wildman–Crippen MR) is 56.1 cm³/mol. The average molecular weight is 208 g/mol. The molecule has 0 bridgehead atoms. The molecule has 0 saturated carbocycles. The highest BCUT2D eigenvalue weighted by molar-refractivity contribution is 7.09. The maximum Gasteiger partial charge on any atom is 0.0898 e. The zero-order valence-corrected chi connectivity index (χ0v) is 8.79. The number of aryl methyl sites for hydroxylation is 1. The van der Waals surface area contributed by atoms with Crippen LogP contribution in [0.25, 0.3) is 0 Å². The molecule has 2 N–H and O–H groups in total. The molecular formula is C9H12N4S. The number of thiazole rings is 1. The molecule has 0 spiro atoms. The van der Waals surface area contributed by atoms with Gasteiger partial charge in [0.15, 0.2) is 0 Å². The summed E-state index contributed by atoms with van der Waals surface area (Å²) in [6, 6.07) is 0. The van der Waals surface area contributed by atoms with Gasteiger partial charge >= 0.3 is 0 Å². The van der Waals surface area contributed by atoms with E-state index in [1.807, 2.05) is 17.8 Å². The van der Waals surface area contributed by atoms with Gasteiger partial charge in [-0.25, -0.2) is 4.98 Å². The molecule has 0 aromatic carbocycles. The van der Waals surface area contributed by atoms with Crippen molar-refractivity contribution in [1.82, 2.24) is 14.8 Å². The van der Waals surface area contributed by atoms with Crippen LogP contribution in [0.4, 0.5) is 0 Å². The third-order valence-electron chi connectivity index (χ3n) is 1.91. The van der Waals surface area contributed by atoms with Gasteiger partial charge in [0.25, 0.3) is 0 Å². The van der Waals surface area contributed by atoms with Crippen molar-refractivity contribution in [2.24, 2.45) is 5.73 Å². The fourth-order valence-electron chi connectivity index (χ4n) is 1.25. The SMILES string of the molecule is Cc1nc(Cn2cc(CN)cn2)cs1. The monoisotopic (exact) mass is 208 g/mol. The van der Waals surface area contributed by atoms with Crippen LogP contribution in [0.1, 0.15) is 16.3 Å². The third-order valence-corrected chi connectivity index (χ3v) is 2.74. The molecule has 14 heavy (non-hydrogen) atoms. The smallest absolute Gasteiger partial charge is 0.0898 e. The molecule has 0 unspecified atom stereocenters. The van der Waals surface area contributed by atoms with Gasteiger partial charge < -0.3 is 5.73 Å². The highest BCUT2D eigenvalue weighted by Crippen LogP contribution is 2.09. The maximum atomic E-state index is 5.49. The summed E-state index contributed by atoms with van der Waals surface area (Å²) in [7, 11) is 0. The fourth-order valence-corrected chi connectivity index (χ4v) is 1.85. The standard InChI is InChI=1S/C9H12N4S/c1-7-12-9(6-14-7)5-13-4-8(2-10)3-11-13/h3-4,6H,2,5,10H2,1H3. The molecule has 0 aliphatic heterocycles. The molecule has 0 fully saturated rings. The highest BCUT2D eigenvalue weighted by Gasteiger charge is 2.01. The van der Waals surface area contributed by atoms with Crippen molar-refractivity contribution in [1.29, 1.82) is 0 Å². The molecule has 2 rings (SSSR count). The summed E-state index contributed by atoms with van der Waals surface area (Å²) in [4.78, 5) is 4.37. The zero-order valence-electron chi connectivity index (χ0n) is 7.97. The van der Waals surface area contributed by atoms with Crippen molar-refractivity contribution in [3.63, 3.8) is 0 Å². The van der Waals surface area contributed by atoms with E-state index in [-0.39, 0.29) is 0 Å². The van der Waals surface area contributed by atoms with Crippen molar-refractivity contribution in [3.8, 4) is 0 Å². The molecule has 4 nitrogen and oxygen atoms in total. The first-order valence-corrected chi connectivity index (χ1v) is 5.28. The van der Waals surface area contributed by atoms with Gasteiger partial charge in [0.05, 0.1) is 23.4 Å². The number of aromatic nitrogens is 3. The maximum absolute atomic E-state index is 5.49. The van der Waals surface area contributed by atoms with Gasteiger partial charge in [0, 0.05) is 23.7 Å². The molecule has 0 radical (unpaired) electrons. The molecule has 0 aliphatic rings. The highest BCUT2D eigenvalue weighted by atomic mass is 32.1. The van der Waals surface area contributed by atoms with Gasteiger partial charge in [-0.2, -0.15) is 5.10 Å². The first kappa shape index (κ1) is 9.36. The van der Waals surface area contributed by atoms with E-state index >= 15 is 0 Å². The first-order valence-electron chi connectivity index (χ1n) is 4.40. The normalized spacial score (nSPS) is 10.7. The van der Waals surface area contributed by atoms with Crippen LogP contribution in [0.2, 0.25) is 0 Å². The molecule has 2 aromatic heterocycles. The summed E-state index contributed by atoms with van der Waals surface area (Å²) in [5.74, 6) is 0. The number of hydrogen-bond acceptors (Lipinski definition) is 4. The molecule has 0 aliphatic carbocycles. The second kappa shape index (κ2) is 3.89. The van der Waals surface area contributed by atoms with Crippen LogP contribution >= 0.6 is 11.3 Å². The Balaban J connectivity index is 2.10. The topological polar surface area (TPSA) is 56.7 Å². The Morgan fingerprint density at radius 2 is 2.43 bits per heavy atom. The van der Waals surface area contributed by atoms with Gasteiger partial charge in [-0.15, -0.1) is 11.3 Å².